The average Bonchev–Trinajstić information content (AvgIpc) is 2.38. The van der Waals surface area contributed by atoms with Gasteiger partial charge in [0.15, 0.2) is 0 Å². The van der Waals surface area contributed by atoms with Gasteiger partial charge in [0.1, 0.15) is 0 Å². The number of hydrogen-bond acceptors (Lipinski definition) is 3. The highest BCUT2D eigenvalue weighted by atomic mass is 35.5. The number of halogens is 1. The van der Waals surface area contributed by atoms with E-state index >= 15 is 0 Å². The Labute approximate surface area is 94.5 Å². The van der Waals surface area contributed by atoms with Crippen molar-refractivity contribution in [3.8, 4) is 0 Å². The predicted octanol–water partition coefficient (Wildman–Crippen LogP) is 2.46. The van der Waals surface area contributed by atoms with Crippen LogP contribution in [0.15, 0.2) is 27.7 Å². The van der Waals surface area contributed by atoms with E-state index in [2.05, 4.69) is 9.73 Å². The van der Waals surface area contributed by atoms with Gasteiger partial charge >= 0.3 is 5.97 Å². The molecule has 1 unspecified atom stereocenters. The van der Waals surface area contributed by atoms with Crippen molar-refractivity contribution in [2.75, 3.05) is 7.11 Å². The molecule has 0 aromatic heterocycles. The molecule has 0 radical (unpaired) electrons. The van der Waals surface area contributed by atoms with Gasteiger partial charge < -0.3 is 4.74 Å². The summed E-state index contributed by atoms with van der Waals surface area (Å²) in [7, 11) is 1.35. The molecule has 0 saturated carbocycles. The third-order valence-electron chi connectivity index (χ3n) is 2.20. The first-order chi connectivity index (χ1) is 7.08. The van der Waals surface area contributed by atoms with Crippen LogP contribution in [0.1, 0.15) is 20.3 Å². The molecule has 1 heterocycles. The lowest BCUT2D eigenvalue weighted by atomic mass is 10.1. The Bertz CT molecular complexity index is 356. The van der Waals surface area contributed by atoms with Gasteiger partial charge in [0, 0.05) is 0 Å². The monoisotopic (exact) mass is 227 g/mol. The zero-order chi connectivity index (χ0) is 11.4. The normalized spacial score (nSPS) is 21.1. The molecular formula is C11H14ClNO2. The second kappa shape index (κ2) is 5.12. The fraction of sp³-hybridized carbons (Fsp3) is 0.455. The topological polar surface area (TPSA) is 38.7 Å². The van der Waals surface area contributed by atoms with E-state index in [-0.39, 0.29) is 12.0 Å². The van der Waals surface area contributed by atoms with Crippen molar-refractivity contribution in [2.45, 2.75) is 26.3 Å². The molecule has 0 aromatic rings. The molecule has 1 atom stereocenters. The molecule has 0 amide bonds. The number of aliphatic imine (C=N–C) groups is 1. The van der Waals surface area contributed by atoms with Crippen LogP contribution in [0.4, 0.5) is 0 Å². The Morgan fingerprint density at radius 1 is 1.67 bits per heavy atom. The van der Waals surface area contributed by atoms with Crippen LogP contribution in [-0.2, 0) is 9.53 Å². The van der Waals surface area contributed by atoms with Crippen LogP contribution in [0.2, 0.25) is 0 Å². The molecule has 15 heavy (non-hydrogen) atoms. The number of carbonyl (C=O) groups excluding carboxylic acids is 1. The van der Waals surface area contributed by atoms with Gasteiger partial charge in [0.25, 0.3) is 0 Å². The minimum atomic E-state index is -0.378. The van der Waals surface area contributed by atoms with Gasteiger partial charge in [-0.15, -0.1) is 0 Å². The van der Waals surface area contributed by atoms with E-state index in [9.17, 15) is 4.79 Å². The van der Waals surface area contributed by atoms with E-state index in [0.29, 0.717) is 10.6 Å². The van der Waals surface area contributed by atoms with E-state index in [1.165, 1.54) is 7.11 Å². The first-order valence-corrected chi connectivity index (χ1v) is 5.18. The summed E-state index contributed by atoms with van der Waals surface area (Å²) >= 11 is 5.97. The second-order valence-corrected chi connectivity index (χ2v) is 3.70. The summed E-state index contributed by atoms with van der Waals surface area (Å²) < 4.78 is 4.66. The molecule has 4 heteroatoms. The Hall–Kier alpha value is -1.09. The van der Waals surface area contributed by atoms with Crippen molar-refractivity contribution < 1.29 is 9.53 Å². The summed E-state index contributed by atoms with van der Waals surface area (Å²) in [6.45, 7) is 3.83. The molecule has 0 N–H and O–H groups in total. The fourth-order valence-electron chi connectivity index (χ4n) is 1.30. The Morgan fingerprint density at radius 3 is 2.87 bits per heavy atom. The zero-order valence-corrected chi connectivity index (χ0v) is 9.84. The lowest BCUT2D eigenvalue weighted by Gasteiger charge is -2.04. The molecule has 0 saturated heterocycles. The summed E-state index contributed by atoms with van der Waals surface area (Å²) in [5.41, 5.74) is 1.22. The standard InChI is InChI=1S/C11H14ClNO2/c1-4-9-5-8(11(14)15-3)6-10(12)7(2)13-9/h5-6,9H,4H2,1-3H3. The molecule has 1 aliphatic rings. The van der Waals surface area contributed by atoms with E-state index in [1.54, 1.807) is 12.2 Å². The maximum atomic E-state index is 11.4. The summed E-state index contributed by atoms with van der Waals surface area (Å²) in [6, 6.07) is -0.00778. The van der Waals surface area contributed by atoms with Crippen molar-refractivity contribution in [3.63, 3.8) is 0 Å². The largest absolute Gasteiger partial charge is 0.465 e. The molecule has 1 rings (SSSR count). The molecule has 0 aromatic carbocycles. The highest BCUT2D eigenvalue weighted by Crippen LogP contribution is 2.18. The maximum absolute atomic E-state index is 11.4. The Morgan fingerprint density at radius 2 is 2.33 bits per heavy atom. The fourth-order valence-corrected chi connectivity index (χ4v) is 1.46. The minimum Gasteiger partial charge on any atom is -0.465 e. The number of ether oxygens (including phenoxy) is 1. The van der Waals surface area contributed by atoms with Crippen molar-refractivity contribution in [1.29, 1.82) is 0 Å². The minimum absolute atomic E-state index is 0.00778. The number of nitrogens with zero attached hydrogens (tertiary/aromatic N) is 1. The van der Waals surface area contributed by atoms with Gasteiger partial charge in [-0.3, -0.25) is 4.99 Å². The quantitative estimate of drug-likeness (QED) is 0.680. The van der Waals surface area contributed by atoms with Gasteiger partial charge in [0.2, 0.25) is 0 Å². The smallest absolute Gasteiger partial charge is 0.337 e. The molecule has 3 nitrogen and oxygen atoms in total. The van der Waals surface area contributed by atoms with E-state index in [4.69, 9.17) is 11.6 Å². The van der Waals surface area contributed by atoms with E-state index < -0.39 is 0 Å². The molecule has 0 spiro atoms. The lowest BCUT2D eigenvalue weighted by Crippen LogP contribution is -2.06. The second-order valence-electron chi connectivity index (χ2n) is 3.30. The van der Waals surface area contributed by atoms with Gasteiger partial charge in [-0.2, -0.15) is 0 Å². The highest BCUT2D eigenvalue weighted by Gasteiger charge is 2.15. The molecule has 0 bridgehead atoms. The maximum Gasteiger partial charge on any atom is 0.337 e. The van der Waals surface area contributed by atoms with Crippen molar-refractivity contribution >= 4 is 23.3 Å². The number of hydrogen-bond donors (Lipinski definition) is 0. The van der Waals surface area contributed by atoms with Crippen LogP contribution in [-0.4, -0.2) is 24.8 Å². The van der Waals surface area contributed by atoms with Crippen molar-refractivity contribution in [1.82, 2.24) is 0 Å². The molecule has 0 fully saturated rings. The molecular weight excluding hydrogens is 214 g/mol. The van der Waals surface area contributed by atoms with Crippen molar-refractivity contribution in [2.24, 2.45) is 4.99 Å². The third kappa shape index (κ3) is 2.93. The predicted molar refractivity (Wildman–Crippen MR) is 61.2 cm³/mol. The summed E-state index contributed by atoms with van der Waals surface area (Å²) in [5, 5.41) is 0.489. The first kappa shape index (κ1) is 12.0. The van der Waals surface area contributed by atoms with Crippen LogP contribution < -0.4 is 0 Å². The van der Waals surface area contributed by atoms with Gasteiger partial charge in [-0.05, 0) is 25.5 Å². The molecule has 1 aliphatic heterocycles. The van der Waals surface area contributed by atoms with Crippen LogP contribution in [0.3, 0.4) is 0 Å². The number of methoxy groups -OCH3 is 1. The number of esters is 1. The van der Waals surface area contributed by atoms with Gasteiger partial charge in [0.05, 0.1) is 29.5 Å². The molecule has 0 aliphatic carbocycles. The van der Waals surface area contributed by atoms with E-state index in [0.717, 1.165) is 12.1 Å². The van der Waals surface area contributed by atoms with Gasteiger partial charge in [-0.25, -0.2) is 4.79 Å². The Balaban J connectivity index is 3.07. The first-order valence-electron chi connectivity index (χ1n) is 4.80. The van der Waals surface area contributed by atoms with Crippen LogP contribution in [0.5, 0.6) is 0 Å². The third-order valence-corrected chi connectivity index (χ3v) is 2.58. The van der Waals surface area contributed by atoms with Crippen LogP contribution in [0.25, 0.3) is 0 Å². The SMILES string of the molecule is CCC1C=C(C(=O)OC)C=C(Cl)C(C)=N1. The molecule has 82 valence electrons. The summed E-state index contributed by atoms with van der Waals surface area (Å²) in [6.07, 6.45) is 4.21. The lowest BCUT2D eigenvalue weighted by molar-refractivity contribution is -0.135. The highest BCUT2D eigenvalue weighted by molar-refractivity contribution is 6.43. The van der Waals surface area contributed by atoms with E-state index in [1.807, 2.05) is 13.8 Å². The number of carbonyl (C=O) groups is 1. The van der Waals surface area contributed by atoms with Crippen LogP contribution >= 0.6 is 11.6 Å². The summed E-state index contributed by atoms with van der Waals surface area (Å²) in [5.74, 6) is -0.378. The zero-order valence-electron chi connectivity index (χ0n) is 9.08. The van der Waals surface area contributed by atoms with Gasteiger partial charge in [-0.1, -0.05) is 18.5 Å². The number of rotatable bonds is 2. The summed E-state index contributed by atoms with van der Waals surface area (Å²) in [4.78, 5) is 15.8. The number of allylic oxidation sites excluding steroid dienone is 1. The van der Waals surface area contributed by atoms with Crippen molar-refractivity contribution in [3.05, 3.63) is 22.8 Å². The van der Waals surface area contributed by atoms with Crippen LogP contribution in [0, 0.1) is 0 Å². The Kier molecular flexibility index (Phi) is 4.09. The average molecular weight is 228 g/mol.